The Balaban J connectivity index is 3.18. The van der Waals surface area contributed by atoms with Gasteiger partial charge in [-0.1, -0.05) is 12.1 Å². The van der Waals surface area contributed by atoms with E-state index in [0.29, 0.717) is 4.90 Å². The van der Waals surface area contributed by atoms with E-state index in [1.54, 1.807) is 20.8 Å². The molecule has 0 aliphatic heterocycles. The molecule has 0 N–H and O–H groups in total. The predicted molar refractivity (Wildman–Crippen MR) is 77.2 cm³/mol. The Labute approximate surface area is 132 Å². The van der Waals surface area contributed by atoms with E-state index >= 15 is 0 Å². The van der Waals surface area contributed by atoms with Gasteiger partial charge in [0.1, 0.15) is 17.9 Å². The smallest absolute Gasteiger partial charge is 0.471 e. The SMILES string of the molecule is COc1ccccc1N(CC(=O)OC(C)(C)C)C(=O)C(F)(F)F. The van der Waals surface area contributed by atoms with E-state index in [-0.39, 0.29) is 11.4 Å². The van der Waals surface area contributed by atoms with Crippen LogP contribution in [0.1, 0.15) is 20.8 Å². The summed E-state index contributed by atoms with van der Waals surface area (Å²) >= 11 is 0. The minimum atomic E-state index is -5.14. The van der Waals surface area contributed by atoms with Crippen LogP contribution >= 0.6 is 0 Å². The van der Waals surface area contributed by atoms with Crippen molar-refractivity contribution in [2.24, 2.45) is 0 Å². The molecule has 0 aliphatic rings. The monoisotopic (exact) mass is 333 g/mol. The molecule has 0 saturated carbocycles. The number of methoxy groups -OCH3 is 1. The molecule has 23 heavy (non-hydrogen) atoms. The zero-order chi connectivity index (χ0) is 17.8. The Morgan fingerprint density at radius 3 is 2.17 bits per heavy atom. The standard InChI is InChI=1S/C15H18F3NO4/c1-14(2,3)23-12(20)9-19(13(21)15(16,17)18)10-7-5-6-8-11(10)22-4/h5-8H,9H2,1-4H3. The van der Waals surface area contributed by atoms with Crippen LogP contribution in [-0.2, 0) is 14.3 Å². The van der Waals surface area contributed by atoms with Crippen LogP contribution in [0.4, 0.5) is 18.9 Å². The van der Waals surface area contributed by atoms with Gasteiger partial charge in [-0.2, -0.15) is 13.2 Å². The molecule has 8 heteroatoms. The maximum absolute atomic E-state index is 12.8. The molecule has 0 spiro atoms. The highest BCUT2D eigenvalue weighted by Gasteiger charge is 2.44. The lowest BCUT2D eigenvalue weighted by Gasteiger charge is -2.26. The summed E-state index contributed by atoms with van der Waals surface area (Å²) < 4.78 is 48.4. The molecule has 1 aromatic rings. The Morgan fingerprint density at radius 2 is 1.70 bits per heavy atom. The molecular weight excluding hydrogens is 315 g/mol. The summed E-state index contributed by atoms with van der Waals surface area (Å²) in [6.07, 6.45) is -5.14. The quantitative estimate of drug-likeness (QED) is 0.795. The Hall–Kier alpha value is -2.25. The summed E-state index contributed by atoms with van der Waals surface area (Å²) in [5, 5.41) is 0. The van der Waals surface area contributed by atoms with Crippen molar-refractivity contribution in [2.45, 2.75) is 32.5 Å². The number of ether oxygens (including phenoxy) is 2. The lowest BCUT2D eigenvalue weighted by molar-refractivity contribution is -0.171. The number of halogens is 3. The molecule has 1 rings (SSSR count). The zero-order valence-electron chi connectivity index (χ0n) is 13.2. The predicted octanol–water partition coefficient (Wildman–Crippen LogP) is 2.93. The third-order valence-electron chi connectivity index (χ3n) is 2.57. The van der Waals surface area contributed by atoms with Crippen molar-refractivity contribution in [1.82, 2.24) is 0 Å². The number of amides is 1. The van der Waals surface area contributed by atoms with Crippen LogP contribution in [-0.4, -0.2) is 37.3 Å². The van der Waals surface area contributed by atoms with E-state index in [1.807, 2.05) is 0 Å². The number of esters is 1. The molecule has 0 aromatic heterocycles. The fourth-order valence-corrected chi connectivity index (χ4v) is 1.78. The molecule has 1 amide bonds. The highest BCUT2D eigenvalue weighted by molar-refractivity contribution is 6.01. The van der Waals surface area contributed by atoms with Gasteiger partial charge in [0.05, 0.1) is 12.8 Å². The average molecular weight is 333 g/mol. The molecule has 0 saturated heterocycles. The van der Waals surface area contributed by atoms with Crippen molar-refractivity contribution >= 4 is 17.6 Å². The molecule has 0 atom stereocenters. The Kier molecular flexibility index (Phi) is 5.63. The zero-order valence-corrected chi connectivity index (χ0v) is 13.2. The maximum atomic E-state index is 12.8. The fourth-order valence-electron chi connectivity index (χ4n) is 1.78. The van der Waals surface area contributed by atoms with Gasteiger partial charge >= 0.3 is 18.1 Å². The van der Waals surface area contributed by atoms with Gasteiger partial charge in [-0.05, 0) is 32.9 Å². The number of para-hydroxylation sites is 2. The summed E-state index contributed by atoms with van der Waals surface area (Å²) in [6, 6.07) is 5.61. The summed E-state index contributed by atoms with van der Waals surface area (Å²) in [6.45, 7) is 3.84. The van der Waals surface area contributed by atoms with Crippen molar-refractivity contribution in [2.75, 3.05) is 18.6 Å². The summed E-state index contributed by atoms with van der Waals surface area (Å²) in [4.78, 5) is 23.8. The number of carbonyl (C=O) groups is 2. The van der Waals surface area contributed by atoms with Crippen LogP contribution in [0.3, 0.4) is 0 Å². The number of hydrogen-bond acceptors (Lipinski definition) is 4. The van der Waals surface area contributed by atoms with Crippen molar-refractivity contribution in [3.63, 3.8) is 0 Å². The van der Waals surface area contributed by atoms with Crippen molar-refractivity contribution in [3.05, 3.63) is 24.3 Å². The van der Waals surface area contributed by atoms with Gasteiger partial charge in [-0.15, -0.1) is 0 Å². The van der Waals surface area contributed by atoms with E-state index in [2.05, 4.69) is 0 Å². The first-order valence-corrected chi connectivity index (χ1v) is 6.69. The first-order valence-electron chi connectivity index (χ1n) is 6.69. The highest BCUT2D eigenvalue weighted by atomic mass is 19.4. The summed E-state index contributed by atoms with van der Waals surface area (Å²) in [5.74, 6) is -3.09. The Bertz CT molecular complexity index is 579. The van der Waals surface area contributed by atoms with Gasteiger partial charge in [-0.25, -0.2) is 0 Å². The molecular formula is C15H18F3NO4. The van der Waals surface area contributed by atoms with Gasteiger partial charge in [0, 0.05) is 0 Å². The summed E-state index contributed by atoms with van der Waals surface area (Å²) in [5.41, 5.74) is -1.05. The van der Waals surface area contributed by atoms with Crippen LogP contribution in [0, 0.1) is 0 Å². The maximum Gasteiger partial charge on any atom is 0.471 e. The van der Waals surface area contributed by atoms with Crippen LogP contribution < -0.4 is 9.64 Å². The molecule has 0 radical (unpaired) electrons. The second-order valence-electron chi connectivity index (χ2n) is 5.65. The number of nitrogens with zero attached hydrogens (tertiary/aromatic N) is 1. The molecule has 0 unspecified atom stereocenters. The number of rotatable bonds is 4. The van der Waals surface area contributed by atoms with Crippen LogP contribution in [0.15, 0.2) is 24.3 Å². The van der Waals surface area contributed by atoms with E-state index in [4.69, 9.17) is 9.47 Å². The molecule has 1 aromatic carbocycles. The first-order chi connectivity index (χ1) is 10.5. The second-order valence-corrected chi connectivity index (χ2v) is 5.65. The van der Waals surface area contributed by atoms with Gasteiger partial charge in [0.25, 0.3) is 0 Å². The number of benzene rings is 1. The lowest BCUT2D eigenvalue weighted by Crippen LogP contribution is -2.45. The lowest BCUT2D eigenvalue weighted by atomic mass is 10.2. The number of anilines is 1. The molecule has 5 nitrogen and oxygen atoms in total. The normalized spacial score (nSPS) is 11.8. The van der Waals surface area contributed by atoms with Crippen molar-refractivity contribution in [3.8, 4) is 5.75 Å². The van der Waals surface area contributed by atoms with E-state index in [9.17, 15) is 22.8 Å². The topological polar surface area (TPSA) is 55.8 Å². The Morgan fingerprint density at radius 1 is 1.13 bits per heavy atom. The van der Waals surface area contributed by atoms with Gasteiger partial charge in [-0.3, -0.25) is 14.5 Å². The van der Waals surface area contributed by atoms with Crippen LogP contribution in [0.25, 0.3) is 0 Å². The van der Waals surface area contributed by atoms with E-state index in [0.717, 1.165) is 0 Å². The largest absolute Gasteiger partial charge is 0.495 e. The minimum Gasteiger partial charge on any atom is -0.495 e. The van der Waals surface area contributed by atoms with Crippen molar-refractivity contribution < 1.29 is 32.2 Å². The number of hydrogen-bond donors (Lipinski definition) is 0. The van der Waals surface area contributed by atoms with Gasteiger partial charge in [0.15, 0.2) is 0 Å². The third-order valence-corrected chi connectivity index (χ3v) is 2.57. The highest BCUT2D eigenvalue weighted by Crippen LogP contribution is 2.31. The van der Waals surface area contributed by atoms with Crippen LogP contribution in [0.5, 0.6) is 5.75 Å². The number of alkyl halides is 3. The third kappa shape index (κ3) is 5.46. The minimum absolute atomic E-state index is 0.0358. The molecule has 128 valence electrons. The van der Waals surface area contributed by atoms with Crippen molar-refractivity contribution in [1.29, 1.82) is 0 Å². The van der Waals surface area contributed by atoms with E-state index in [1.165, 1.54) is 31.4 Å². The van der Waals surface area contributed by atoms with Gasteiger partial charge < -0.3 is 9.47 Å². The fraction of sp³-hybridized carbons (Fsp3) is 0.467. The number of carbonyl (C=O) groups excluding carboxylic acids is 2. The van der Waals surface area contributed by atoms with Gasteiger partial charge in [0.2, 0.25) is 0 Å². The van der Waals surface area contributed by atoms with E-state index < -0.39 is 30.2 Å². The first kappa shape index (κ1) is 18.8. The van der Waals surface area contributed by atoms with Crippen LogP contribution in [0.2, 0.25) is 0 Å². The summed E-state index contributed by atoms with van der Waals surface area (Å²) in [7, 11) is 1.25. The molecule has 0 heterocycles. The second kappa shape index (κ2) is 6.89. The average Bonchev–Trinajstić information content (AvgIpc) is 2.41. The molecule has 0 bridgehead atoms. The molecule has 0 fully saturated rings. The molecule has 0 aliphatic carbocycles.